The Labute approximate surface area is 249 Å². The van der Waals surface area contributed by atoms with E-state index >= 15 is 0 Å². The van der Waals surface area contributed by atoms with Crippen LogP contribution in [0, 0.1) is 16.0 Å². The van der Waals surface area contributed by atoms with E-state index in [1.807, 2.05) is 0 Å². The number of hydrazone groups is 1. The van der Waals surface area contributed by atoms with E-state index in [2.05, 4.69) is 20.7 Å². The molecule has 2 aliphatic rings. The molecule has 0 saturated heterocycles. The molecule has 2 heterocycles. The third-order valence-corrected chi connectivity index (χ3v) is 8.09. The monoisotopic (exact) mass is 632 g/mol. The Bertz CT molecular complexity index is 1750. The minimum Gasteiger partial charge on any atom is -0.352 e. The van der Waals surface area contributed by atoms with Crippen molar-refractivity contribution in [3.63, 3.8) is 0 Å². The molecule has 2 amide bonds. The number of nitrogens with one attached hydrogen (secondary N) is 2. The highest BCUT2D eigenvalue weighted by molar-refractivity contribution is 7.86. The number of halogens is 2. The number of anilines is 2. The summed E-state index contributed by atoms with van der Waals surface area (Å²) in [6.45, 7) is 0.492. The fourth-order valence-corrected chi connectivity index (χ4v) is 5.51. The van der Waals surface area contributed by atoms with Crippen LogP contribution in [-0.4, -0.2) is 53.0 Å². The topological polar surface area (TPSA) is 184 Å². The third kappa shape index (κ3) is 6.21. The Balaban J connectivity index is 1.52. The van der Waals surface area contributed by atoms with Gasteiger partial charge < -0.3 is 10.6 Å². The summed E-state index contributed by atoms with van der Waals surface area (Å²) in [5.41, 5.74) is -0.868. The second-order valence-electron chi connectivity index (χ2n) is 9.64. The Morgan fingerprint density at radius 1 is 1.14 bits per heavy atom. The molecule has 2 aromatic carbocycles. The molecule has 0 bridgehead atoms. The third-order valence-electron chi connectivity index (χ3n) is 6.67. The van der Waals surface area contributed by atoms with Crippen LogP contribution in [0.5, 0.6) is 0 Å². The van der Waals surface area contributed by atoms with Gasteiger partial charge in [-0.15, -0.1) is 0 Å². The van der Waals surface area contributed by atoms with Crippen molar-refractivity contribution in [1.29, 1.82) is 0 Å². The van der Waals surface area contributed by atoms with Crippen LogP contribution in [0.15, 0.2) is 64.7 Å². The van der Waals surface area contributed by atoms with E-state index in [9.17, 15) is 32.7 Å². The number of nitro benzene ring substituents is 1. The molecule has 1 unspecified atom stereocenters. The van der Waals surface area contributed by atoms with Crippen molar-refractivity contribution in [2.24, 2.45) is 11.0 Å². The van der Waals surface area contributed by atoms with Crippen molar-refractivity contribution in [3.8, 4) is 0 Å². The van der Waals surface area contributed by atoms with E-state index in [4.69, 9.17) is 23.2 Å². The standard InChI is InChI=1S/C26H22Cl2N6O7S/c27-15-8-9-19(17(11-15)25(35)30-13-14-6-7-14)31-26(36)21-12-20(32-33(21)24-18(28)4-2-10-29-24)16-3-1-5-22(42(39,40)41)23(16)34(37)38/h1-5,8-11,14,21H,6-7,12-13H2,(H,30,35)(H,31,36)(H,39,40,41). The van der Waals surface area contributed by atoms with Gasteiger partial charge in [-0.1, -0.05) is 29.3 Å². The lowest BCUT2D eigenvalue weighted by molar-refractivity contribution is -0.388. The first-order valence-corrected chi connectivity index (χ1v) is 14.7. The average Bonchev–Trinajstić information content (AvgIpc) is 3.67. The van der Waals surface area contributed by atoms with E-state index in [-0.39, 0.29) is 44.8 Å². The second kappa shape index (κ2) is 11.6. The second-order valence-corrected chi connectivity index (χ2v) is 11.9. The van der Waals surface area contributed by atoms with Crippen LogP contribution in [-0.2, 0) is 14.9 Å². The quantitative estimate of drug-likeness (QED) is 0.176. The first kappa shape index (κ1) is 29.4. The zero-order valence-electron chi connectivity index (χ0n) is 21.5. The van der Waals surface area contributed by atoms with Gasteiger partial charge in [0.15, 0.2) is 10.7 Å². The van der Waals surface area contributed by atoms with Crippen LogP contribution >= 0.6 is 23.2 Å². The molecule has 1 aliphatic carbocycles. The number of aromatic nitrogens is 1. The largest absolute Gasteiger partial charge is 0.352 e. The number of nitro groups is 1. The van der Waals surface area contributed by atoms with Crippen molar-refractivity contribution < 1.29 is 27.5 Å². The highest BCUT2D eigenvalue weighted by Crippen LogP contribution is 2.36. The van der Waals surface area contributed by atoms with Crippen LogP contribution in [0.2, 0.25) is 10.0 Å². The summed E-state index contributed by atoms with van der Waals surface area (Å²) in [6, 6.07) is 9.64. The molecule has 3 aromatic rings. The first-order valence-electron chi connectivity index (χ1n) is 12.5. The van der Waals surface area contributed by atoms with Gasteiger partial charge in [-0.25, -0.2) is 9.99 Å². The molecule has 16 heteroatoms. The molecular formula is C26H22Cl2N6O7S. The normalized spacial score (nSPS) is 16.6. The molecule has 13 nitrogen and oxygen atoms in total. The molecule has 218 valence electrons. The van der Waals surface area contributed by atoms with Gasteiger partial charge >= 0.3 is 10.1 Å². The van der Waals surface area contributed by atoms with Crippen molar-refractivity contribution in [2.45, 2.75) is 30.2 Å². The lowest BCUT2D eigenvalue weighted by Crippen LogP contribution is -2.39. The molecule has 0 spiro atoms. The van der Waals surface area contributed by atoms with Gasteiger partial charge in [0, 0.05) is 24.2 Å². The number of rotatable bonds is 9. The summed E-state index contributed by atoms with van der Waals surface area (Å²) in [5.74, 6) is -0.616. The fraction of sp³-hybridized carbons (Fsp3) is 0.231. The van der Waals surface area contributed by atoms with Crippen molar-refractivity contribution in [2.75, 3.05) is 16.9 Å². The van der Waals surface area contributed by atoms with Crippen LogP contribution in [0.4, 0.5) is 17.2 Å². The lowest BCUT2D eigenvalue weighted by atomic mass is 10.0. The number of carbonyl (C=O) groups is 2. The molecule has 42 heavy (non-hydrogen) atoms. The zero-order valence-corrected chi connectivity index (χ0v) is 23.9. The van der Waals surface area contributed by atoms with Crippen LogP contribution in [0.3, 0.4) is 0 Å². The molecular weight excluding hydrogens is 611 g/mol. The summed E-state index contributed by atoms with van der Waals surface area (Å²) in [6.07, 6.45) is 3.22. The molecule has 5 rings (SSSR count). The predicted molar refractivity (Wildman–Crippen MR) is 155 cm³/mol. The van der Waals surface area contributed by atoms with Crippen LogP contribution in [0.1, 0.15) is 35.2 Å². The summed E-state index contributed by atoms with van der Waals surface area (Å²) in [4.78, 5) is 40.9. The molecule has 1 aromatic heterocycles. The van der Waals surface area contributed by atoms with Gasteiger partial charge in [0.25, 0.3) is 11.6 Å². The maximum atomic E-state index is 13.7. The number of carbonyl (C=O) groups excluding carboxylic acids is 2. The summed E-state index contributed by atoms with van der Waals surface area (Å²) in [5, 5.41) is 23.4. The Morgan fingerprint density at radius 2 is 1.90 bits per heavy atom. The first-order chi connectivity index (χ1) is 19.9. The van der Waals surface area contributed by atoms with E-state index in [0.29, 0.717) is 12.5 Å². The van der Waals surface area contributed by atoms with Crippen LogP contribution < -0.4 is 15.6 Å². The van der Waals surface area contributed by atoms with Crippen molar-refractivity contribution in [3.05, 3.63) is 86.0 Å². The number of benzene rings is 2. The van der Waals surface area contributed by atoms with Gasteiger partial charge in [0.2, 0.25) is 5.91 Å². The maximum absolute atomic E-state index is 13.7. The molecule has 3 N–H and O–H groups in total. The van der Waals surface area contributed by atoms with Gasteiger partial charge in [0.1, 0.15) is 6.04 Å². The summed E-state index contributed by atoms with van der Waals surface area (Å²) < 4.78 is 33.4. The molecule has 0 radical (unpaired) electrons. The SMILES string of the molecule is O=C(NCC1CC1)c1cc(Cl)ccc1NC(=O)C1CC(c2cccc(S(=O)(=O)O)c2[N+](=O)[O-])=NN1c1ncccc1Cl. The van der Waals surface area contributed by atoms with Gasteiger partial charge in [-0.05, 0) is 61.2 Å². The molecule has 1 saturated carbocycles. The number of hydrogen-bond acceptors (Lipinski definition) is 9. The van der Waals surface area contributed by atoms with Gasteiger partial charge in [0.05, 0.1) is 32.5 Å². The number of para-hydroxylation sites is 1. The van der Waals surface area contributed by atoms with E-state index in [0.717, 1.165) is 18.9 Å². The smallest absolute Gasteiger partial charge is 0.301 e. The highest BCUT2D eigenvalue weighted by Gasteiger charge is 2.39. The fourth-order valence-electron chi connectivity index (χ4n) is 4.45. The number of pyridine rings is 1. The summed E-state index contributed by atoms with van der Waals surface area (Å²) >= 11 is 12.5. The Hall–Kier alpha value is -4.11. The Morgan fingerprint density at radius 3 is 2.57 bits per heavy atom. The maximum Gasteiger partial charge on any atom is 0.301 e. The van der Waals surface area contributed by atoms with Crippen molar-refractivity contribution in [1.82, 2.24) is 10.3 Å². The number of nitrogens with zero attached hydrogens (tertiary/aromatic N) is 4. The van der Waals surface area contributed by atoms with Crippen molar-refractivity contribution >= 4 is 68.0 Å². The highest BCUT2D eigenvalue weighted by atomic mass is 35.5. The van der Waals surface area contributed by atoms with Crippen LogP contribution in [0.25, 0.3) is 0 Å². The van der Waals surface area contributed by atoms with E-state index in [1.54, 1.807) is 6.07 Å². The molecule has 1 fully saturated rings. The minimum atomic E-state index is -4.97. The van der Waals surface area contributed by atoms with E-state index < -0.39 is 43.5 Å². The minimum absolute atomic E-state index is 0.0347. The molecule has 1 aliphatic heterocycles. The number of hydrogen-bond donors (Lipinski definition) is 3. The number of amides is 2. The molecule has 1 atom stereocenters. The predicted octanol–water partition coefficient (Wildman–Crippen LogP) is 4.30. The average molecular weight is 633 g/mol. The van der Waals surface area contributed by atoms with Gasteiger partial charge in [-0.3, -0.25) is 24.3 Å². The lowest BCUT2D eigenvalue weighted by Gasteiger charge is -2.23. The zero-order chi connectivity index (χ0) is 30.2. The summed E-state index contributed by atoms with van der Waals surface area (Å²) in [7, 11) is -4.97. The Kier molecular flexibility index (Phi) is 8.14. The van der Waals surface area contributed by atoms with Gasteiger partial charge in [-0.2, -0.15) is 13.5 Å². The van der Waals surface area contributed by atoms with E-state index in [1.165, 1.54) is 47.6 Å².